The van der Waals surface area contributed by atoms with Crippen molar-refractivity contribution in [3.63, 3.8) is 0 Å². The Balaban J connectivity index is 1.70. The van der Waals surface area contributed by atoms with Crippen molar-refractivity contribution in [2.45, 2.75) is 52.0 Å². The second kappa shape index (κ2) is 12.0. The van der Waals surface area contributed by atoms with Crippen LogP contribution in [0.1, 0.15) is 66.8 Å². The second-order valence-electron chi connectivity index (χ2n) is 8.97. The van der Waals surface area contributed by atoms with Crippen LogP contribution in [0, 0.1) is 0 Å². The molecule has 2 amide bonds. The highest BCUT2D eigenvalue weighted by atomic mass is 16.5. The van der Waals surface area contributed by atoms with E-state index < -0.39 is 30.4 Å². The van der Waals surface area contributed by atoms with Gasteiger partial charge < -0.3 is 19.8 Å². The van der Waals surface area contributed by atoms with Crippen LogP contribution in [0.4, 0.5) is 5.69 Å². The summed E-state index contributed by atoms with van der Waals surface area (Å²) in [7, 11) is 0. The summed E-state index contributed by atoms with van der Waals surface area (Å²) in [4.78, 5) is 38.2. The molecule has 3 rings (SSSR count). The van der Waals surface area contributed by atoms with E-state index in [2.05, 4.69) is 38.3 Å². The van der Waals surface area contributed by atoms with Gasteiger partial charge in [-0.2, -0.15) is 0 Å². The molecular weight excluding hydrogens is 444 g/mol. The molecule has 35 heavy (non-hydrogen) atoms. The summed E-state index contributed by atoms with van der Waals surface area (Å²) in [5, 5.41) is 5.58. The number of rotatable bonds is 10. The molecule has 0 unspecified atom stereocenters. The lowest BCUT2D eigenvalue weighted by molar-refractivity contribution is -0.149. The lowest BCUT2D eigenvalue weighted by Crippen LogP contribution is -2.44. The molecule has 2 aromatic carbocycles. The van der Waals surface area contributed by atoms with Crippen molar-refractivity contribution < 1.29 is 23.5 Å². The number of hydrogen-bond acceptors (Lipinski definition) is 5. The van der Waals surface area contributed by atoms with E-state index in [1.54, 1.807) is 6.07 Å². The van der Waals surface area contributed by atoms with E-state index in [-0.39, 0.29) is 24.0 Å². The van der Waals surface area contributed by atoms with Crippen LogP contribution in [-0.2, 0) is 20.7 Å². The van der Waals surface area contributed by atoms with Gasteiger partial charge in [-0.15, -0.1) is 0 Å². The van der Waals surface area contributed by atoms with Crippen LogP contribution in [0.3, 0.4) is 0 Å². The van der Waals surface area contributed by atoms with Gasteiger partial charge in [0.25, 0.3) is 11.8 Å². The van der Waals surface area contributed by atoms with Gasteiger partial charge in [0.05, 0.1) is 6.26 Å². The highest BCUT2D eigenvalue weighted by Crippen LogP contribution is 2.32. The highest BCUT2D eigenvalue weighted by Gasteiger charge is 2.25. The van der Waals surface area contributed by atoms with E-state index in [1.807, 2.05) is 48.5 Å². The van der Waals surface area contributed by atoms with E-state index >= 15 is 0 Å². The highest BCUT2D eigenvalue weighted by molar-refractivity contribution is 5.96. The molecule has 0 aliphatic rings. The van der Waals surface area contributed by atoms with Gasteiger partial charge in [0.2, 0.25) is 0 Å². The zero-order valence-corrected chi connectivity index (χ0v) is 20.5. The topological polar surface area (TPSA) is 97.6 Å². The molecule has 0 aliphatic heterocycles. The van der Waals surface area contributed by atoms with Crippen LogP contribution in [0.25, 0.3) is 0 Å². The number of anilines is 1. The average Bonchev–Trinajstić information content (AvgIpc) is 3.38. The fourth-order valence-electron chi connectivity index (χ4n) is 3.79. The SMILES string of the molecule is CC(C)c1cccc(C(C)C)c1NC(=O)COC(=O)[C@@H](Cc1ccccc1)NC(=O)c1ccco1. The van der Waals surface area contributed by atoms with Gasteiger partial charge in [-0.1, -0.05) is 76.2 Å². The summed E-state index contributed by atoms with van der Waals surface area (Å²) in [5.41, 5.74) is 3.63. The van der Waals surface area contributed by atoms with E-state index in [0.717, 1.165) is 22.4 Å². The van der Waals surface area contributed by atoms with Gasteiger partial charge in [-0.3, -0.25) is 9.59 Å². The molecule has 0 saturated carbocycles. The molecule has 1 heterocycles. The number of benzene rings is 2. The molecule has 1 aromatic heterocycles. The first-order valence-electron chi connectivity index (χ1n) is 11.7. The summed E-state index contributed by atoms with van der Waals surface area (Å²) in [6, 6.07) is 17.3. The molecule has 1 atom stereocenters. The van der Waals surface area contributed by atoms with Gasteiger partial charge in [0.1, 0.15) is 6.04 Å². The maximum atomic E-state index is 12.9. The second-order valence-corrected chi connectivity index (χ2v) is 8.97. The summed E-state index contributed by atoms with van der Waals surface area (Å²) in [6.45, 7) is 7.77. The number of amides is 2. The van der Waals surface area contributed by atoms with Crippen molar-refractivity contribution in [1.29, 1.82) is 0 Å². The molecule has 0 aliphatic carbocycles. The fraction of sp³-hybridized carbons (Fsp3) is 0.321. The first kappa shape index (κ1) is 25.7. The van der Waals surface area contributed by atoms with Crippen molar-refractivity contribution in [3.05, 3.63) is 89.4 Å². The van der Waals surface area contributed by atoms with Crippen LogP contribution in [0.2, 0.25) is 0 Å². The van der Waals surface area contributed by atoms with Crippen LogP contribution in [0.15, 0.2) is 71.3 Å². The summed E-state index contributed by atoms with van der Waals surface area (Å²) < 4.78 is 10.5. The van der Waals surface area contributed by atoms with Gasteiger partial charge in [0.15, 0.2) is 12.4 Å². The lowest BCUT2D eigenvalue weighted by Gasteiger charge is -2.21. The summed E-state index contributed by atoms with van der Waals surface area (Å²) in [5.74, 6) is -1.18. The third-order valence-corrected chi connectivity index (χ3v) is 5.60. The zero-order valence-electron chi connectivity index (χ0n) is 20.5. The quantitative estimate of drug-likeness (QED) is 0.399. The molecule has 3 aromatic rings. The van der Waals surface area contributed by atoms with Crippen LogP contribution < -0.4 is 10.6 Å². The van der Waals surface area contributed by atoms with Crippen molar-refractivity contribution in [3.8, 4) is 0 Å². The monoisotopic (exact) mass is 476 g/mol. The number of nitrogens with one attached hydrogen (secondary N) is 2. The van der Waals surface area contributed by atoms with Gasteiger partial charge in [-0.25, -0.2) is 4.79 Å². The Bertz CT molecular complexity index is 1110. The lowest BCUT2D eigenvalue weighted by atomic mass is 9.92. The minimum atomic E-state index is -0.989. The maximum Gasteiger partial charge on any atom is 0.329 e. The largest absolute Gasteiger partial charge is 0.459 e. The van der Waals surface area contributed by atoms with Crippen LogP contribution in [0.5, 0.6) is 0 Å². The predicted octanol–water partition coefficient (Wildman–Crippen LogP) is 5.05. The number of esters is 1. The van der Waals surface area contributed by atoms with Gasteiger partial charge in [-0.05, 0) is 40.7 Å². The molecule has 0 fully saturated rings. The van der Waals surface area contributed by atoms with Crippen molar-refractivity contribution in [2.75, 3.05) is 11.9 Å². The Morgan fingerprint density at radius 2 is 1.51 bits per heavy atom. The van der Waals surface area contributed by atoms with Crippen LogP contribution >= 0.6 is 0 Å². The van der Waals surface area contributed by atoms with E-state index in [0.29, 0.717) is 0 Å². The standard InChI is InChI=1S/C28H32N2O5/c1-18(2)21-12-8-13-22(19(3)4)26(21)30-25(31)17-35-28(33)23(16-20-10-6-5-7-11-20)29-27(32)24-14-9-15-34-24/h5-15,18-19,23H,16-17H2,1-4H3,(H,29,32)(H,30,31)/t23-/m1/s1. The minimum Gasteiger partial charge on any atom is -0.459 e. The van der Waals surface area contributed by atoms with Gasteiger partial charge >= 0.3 is 5.97 Å². The average molecular weight is 477 g/mol. The van der Waals surface area contributed by atoms with Crippen LogP contribution in [-0.4, -0.2) is 30.4 Å². The molecule has 7 heteroatoms. The third-order valence-electron chi connectivity index (χ3n) is 5.60. The molecule has 2 N–H and O–H groups in total. The number of hydrogen-bond donors (Lipinski definition) is 2. The normalized spacial score (nSPS) is 11.8. The molecule has 7 nitrogen and oxygen atoms in total. The zero-order chi connectivity index (χ0) is 25.4. The van der Waals surface area contributed by atoms with E-state index in [1.165, 1.54) is 12.3 Å². The molecular formula is C28H32N2O5. The Morgan fingerprint density at radius 1 is 0.857 bits per heavy atom. The van der Waals surface area contributed by atoms with E-state index in [9.17, 15) is 14.4 Å². The first-order valence-corrected chi connectivity index (χ1v) is 11.7. The number of carbonyl (C=O) groups excluding carboxylic acids is 3. The minimum absolute atomic E-state index is 0.0834. The van der Waals surface area contributed by atoms with E-state index in [4.69, 9.17) is 9.15 Å². The molecule has 184 valence electrons. The van der Waals surface area contributed by atoms with Crippen molar-refractivity contribution in [2.24, 2.45) is 0 Å². The third kappa shape index (κ3) is 7.06. The number of ether oxygens (including phenoxy) is 1. The fourth-order valence-corrected chi connectivity index (χ4v) is 3.79. The Hall–Kier alpha value is -3.87. The van der Waals surface area contributed by atoms with Crippen molar-refractivity contribution >= 4 is 23.5 Å². The number of para-hydroxylation sites is 1. The Morgan fingerprint density at radius 3 is 2.09 bits per heavy atom. The molecule has 0 spiro atoms. The number of furan rings is 1. The maximum absolute atomic E-state index is 12.9. The molecule has 0 bridgehead atoms. The Labute approximate surface area is 205 Å². The van der Waals surface area contributed by atoms with Gasteiger partial charge in [0, 0.05) is 12.1 Å². The Kier molecular flexibility index (Phi) is 8.84. The predicted molar refractivity (Wildman–Crippen MR) is 134 cm³/mol. The summed E-state index contributed by atoms with van der Waals surface area (Å²) in [6.07, 6.45) is 1.59. The summed E-state index contributed by atoms with van der Waals surface area (Å²) >= 11 is 0. The smallest absolute Gasteiger partial charge is 0.329 e. The first-order chi connectivity index (χ1) is 16.8. The number of carbonyl (C=O) groups is 3. The molecule has 0 radical (unpaired) electrons. The molecule has 0 saturated heterocycles. The van der Waals surface area contributed by atoms with Crippen molar-refractivity contribution in [1.82, 2.24) is 5.32 Å².